The Balaban J connectivity index is 1.97. The zero-order valence-electron chi connectivity index (χ0n) is 11.9. The second kappa shape index (κ2) is 5.36. The van der Waals surface area contributed by atoms with E-state index in [1.807, 2.05) is 48.7 Å². The first-order chi connectivity index (χ1) is 10.1. The number of imidazole rings is 1. The third-order valence-corrected chi connectivity index (χ3v) is 3.06. The number of nitrogens with one attached hydrogen (secondary N) is 1. The Hall–Kier alpha value is -2.69. The van der Waals surface area contributed by atoms with Crippen molar-refractivity contribution in [2.24, 2.45) is 0 Å². The molecule has 21 heavy (non-hydrogen) atoms. The second-order valence-corrected chi connectivity index (χ2v) is 5.15. The van der Waals surface area contributed by atoms with Gasteiger partial charge in [0.15, 0.2) is 0 Å². The topological polar surface area (TPSA) is 59.3 Å². The molecule has 106 valence electrons. The lowest BCUT2D eigenvalue weighted by Crippen LogP contribution is -2.30. The van der Waals surface area contributed by atoms with E-state index in [2.05, 4.69) is 15.3 Å². The number of hydrogen-bond acceptors (Lipinski definition) is 3. The lowest BCUT2D eigenvalue weighted by molar-refractivity contribution is 0.0942. The van der Waals surface area contributed by atoms with Gasteiger partial charge in [0.25, 0.3) is 5.91 Å². The van der Waals surface area contributed by atoms with E-state index in [0.717, 1.165) is 17.0 Å². The van der Waals surface area contributed by atoms with E-state index in [1.165, 1.54) is 0 Å². The molecule has 1 amide bonds. The first kappa shape index (κ1) is 13.3. The van der Waals surface area contributed by atoms with Gasteiger partial charge in [-0.25, -0.2) is 4.98 Å². The van der Waals surface area contributed by atoms with E-state index in [4.69, 9.17) is 0 Å². The summed E-state index contributed by atoms with van der Waals surface area (Å²) in [6.45, 7) is 3.87. The molecule has 3 heterocycles. The van der Waals surface area contributed by atoms with Crippen LogP contribution in [0.15, 0.2) is 48.9 Å². The third kappa shape index (κ3) is 2.76. The average Bonchev–Trinajstić information content (AvgIpc) is 2.90. The minimum Gasteiger partial charge on any atom is -0.350 e. The summed E-state index contributed by atoms with van der Waals surface area (Å²) in [6, 6.07) is 9.43. The Morgan fingerprint density at radius 1 is 1.14 bits per heavy atom. The van der Waals surface area contributed by atoms with Crippen LogP contribution in [0.2, 0.25) is 0 Å². The van der Waals surface area contributed by atoms with Crippen molar-refractivity contribution in [2.45, 2.75) is 19.9 Å². The summed E-state index contributed by atoms with van der Waals surface area (Å²) < 4.78 is 1.85. The maximum atomic E-state index is 12.0. The molecule has 0 aliphatic heterocycles. The van der Waals surface area contributed by atoms with Gasteiger partial charge in [0.1, 0.15) is 11.3 Å². The molecular weight excluding hydrogens is 264 g/mol. The Labute approximate surface area is 122 Å². The van der Waals surface area contributed by atoms with Crippen molar-refractivity contribution in [3.63, 3.8) is 0 Å². The first-order valence-corrected chi connectivity index (χ1v) is 6.84. The quantitative estimate of drug-likeness (QED) is 0.802. The number of carbonyl (C=O) groups excluding carboxylic acids is 1. The Kier molecular flexibility index (Phi) is 3.39. The van der Waals surface area contributed by atoms with E-state index in [1.54, 1.807) is 18.5 Å². The van der Waals surface area contributed by atoms with Gasteiger partial charge in [-0.2, -0.15) is 0 Å². The molecule has 3 aromatic rings. The maximum absolute atomic E-state index is 12.0. The van der Waals surface area contributed by atoms with Gasteiger partial charge in [0.05, 0.1) is 11.3 Å². The van der Waals surface area contributed by atoms with E-state index in [-0.39, 0.29) is 11.9 Å². The molecule has 1 N–H and O–H groups in total. The van der Waals surface area contributed by atoms with Crippen LogP contribution in [-0.2, 0) is 0 Å². The number of fused-ring (bicyclic) bond motifs is 1. The van der Waals surface area contributed by atoms with E-state index < -0.39 is 0 Å². The molecule has 3 aromatic heterocycles. The zero-order valence-corrected chi connectivity index (χ0v) is 11.9. The van der Waals surface area contributed by atoms with Gasteiger partial charge >= 0.3 is 0 Å². The predicted molar refractivity (Wildman–Crippen MR) is 81.0 cm³/mol. The fraction of sp³-hybridized carbons (Fsp3) is 0.188. The van der Waals surface area contributed by atoms with Crippen LogP contribution in [0, 0.1) is 0 Å². The summed E-state index contributed by atoms with van der Waals surface area (Å²) in [5.41, 5.74) is 3.00. The molecule has 0 unspecified atom stereocenters. The van der Waals surface area contributed by atoms with Crippen molar-refractivity contribution in [3.8, 4) is 11.4 Å². The van der Waals surface area contributed by atoms with Crippen LogP contribution in [0.4, 0.5) is 0 Å². The highest BCUT2D eigenvalue weighted by Gasteiger charge is 2.10. The summed E-state index contributed by atoms with van der Waals surface area (Å²) in [7, 11) is 0. The van der Waals surface area contributed by atoms with Crippen LogP contribution in [0.5, 0.6) is 0 Å². The number of aromatic nitrogens is 3. The number of amides is 1. The molecule has 0 saturated carbocycles. The standard InChI is InChI=1S/C16H16N4O/c1-11(2)18-16(21)12-6-7-15-19-14(10-20(15)9-12)13-5-3-4-8-17-13/h3-11H,1-2H3,(H,18,21). The van der Waals surface area contributed by atoms with Crippen LogP contribution >= 0.6 is 0 Å². The van der Waals surface area contributed by atoms with Crippen LogP contribution in [-0.4, -0.2) is 26.3 Å². The molecule has 5 heteroatoms. The lowest BCUT2D eigenvalue weighted by atomic mass is 10.2. The third-order valence-electron chi connectivity index (χ3n) is 3.06. The first-order valence-electron chi connectivity index (χ1n) is 6.84. The zero-order chi connectivity index (χ0) is 14.8. The van der Waals surface area contributed by atoms with E-state index in [9.17, 15) is 4.79 Å². The summed E-state index contributed by atoms with van der Waals surface area (Å²) in [6.07, 6.45) is 5.40. The van der Waals surface area contributed by atoms with Gasteiger partial charge in [-0.1, -0.05) is 6.07 Å². The molecule has 0 radical (unpaired) electrons. The molecule has 0 bridgehead atoms. The van der Waals surface area contributed by atoms with Crippen LogP contribution in [0.25, 0.3) is 17.0 Å². The smallest absolute Gasteiger partial charge is 0.252 e. The molecule has 0 aromatic carbocycles. The molecule has 0 aliphatic carbocycles. The van der Waals surface area contributed by atoms with Gasteiger partial charge in [-0.05, 0) is 38.1 Å². The van der Waals surface area contributed by atoms with Crippen molar-refractivity contribution >= 4 is 11.6 Å². The van der Waals surface area contributed by atoms with Crippen molar-refractivity contribution < 1.29 is 4.79 Å². The fourth-order valence-corrected chi connectivity index (χ4v) is 2.11. The van der Waals surface area contributed by atoms with Crippen molar-refractivity contribution in [2.75, 3.05) is 0 Å². The number of carbonyl (C=O) groups is 1. The van der Waals surface area contributed by atoms with Crippen molar-refractivity contribution in [1.82, 2.24) is 19.7 Å². The summed E-state index contributed by atoms with van der Waals surface area (Å²) >= 11 is 0. The predicted octanol–water partition coefficient (Wildman–Crippen LogP) is 2.53. The molecule has 0 fully saturated rings. The minimum absolute atomic E-state index is 0.0833. The number of nitrogens with zero attached hydrogens (tertiary/aromatic N) is 3. The number of hydrogen-bond donors (Lipinski definition) is 1. The molecular formula is C16H16N4O. The van der Waals surface area contributed by atoms with Gasteiger partial charge in [0, 0.05) is 24.6 Å². The molecule has 0 atom stereocenters. The Morgan fingerprint density at radius 2 is 2.00 bits per heavy atom. The SMILES string of the molecule is CC(C)NC(=O)c1ccc2nc(-c3ccccn3)cn2c1. The Bertz CT molecular complexity index is 777. The van der Waals surface area contributed by atoms with Crippen LogP contribution < -0.4 is 5.32 Å². The average molecular weight is 280 g/mol. The molecule has 0 saturated heterocycles. The number of rotatable bonds is 3. The normalized spacial score (nSPS) is 11.0. The molecule has 5 nitrogen and oxygen atoms in total. The highest BCUT2D eigenvalue weighted by molar-refractivity contribution is 5.94. The highest BCUT2D eigenvalue weighted by atomic mass is 16.1. The van der Waals surface area contributed by atoms with Gasteiger partial charge in [-0.3, -0.25) is 9.78 Å². The maximum Gasteiger partial charge on any atom is 0.252 e. The lowest BCUT2D eigenvalue weighted by Gasteiger charge is -2.08. The largest absolute Gasteiger partial charge is 0.350 e. The monoisotopic (exact) mass is 280 g/mol. The van der Waals surface area contributed by atoms with E-state index >= 15 is 0 Å². The van der Waals surface area contributed by atoms with Crippen LogP contribution in [0.3, 0.4) is 0 Å². The van der Waals surface area contributed by atoms with Crippen LogP contribution in [0.1, 0.15) is 24.2 Å². The molecule has 0 aliphatic rings. The van der Waals surface area contributed by atoms with Crippen molar-refractivity contribution in [3.05, 3.63) is 54.5 Å². The summed E-state index contributed by atoms with van der Waals surface area (Å²) in [5.74, 6) is -0.0833. The van der Waals surface area contributed by atoms with E-state index in [0.29, 0.717) is 5.56 Å². The summed E-state index contributed by atoms with van der Waals surface area (Å²) in [5, 5.41) is 2.88. The highest BCUT2D eigenvalue weighted by Crippen LogP contribution is 2.17. The second-order valence-electron chi connectivity index (χ2n) is 5.15. The number of pyridine rings is 2. The fourth-order valence-electron chi connectivity index (χ4n) is 2.11. The van der Waals surface area contributed by atoms with Crippen molar-refractivity contribution in [1.29, 1.82) is 0 Å². The molecule has 3 rings (SSSR count). The van der Waals surface area contributed by atoms with Gasteiger partial charge in [-0.15, -0.1) is 0 Å². The van der Waals surface area contributed by atoms with Gasteiger partial charge in [0.2, 0.25) is 0 Å². The van der Waals surface area contributed by atoms with Gasteiger partial charge < -0.3 is 9.72 Å². The molecule has 0 spiro atoms. The minimum atomic E-state index is -0.0833. The Morgan fingerprint density at radius 3 is 2.71 bits per heavy atom. The summed E-state index contributed by atoms with van der Waals surface area (Å²) in [4.78, 5) is 20.8.